The molecule has 0 unspecified atom stereocenters. The Morgan fingerprint density at radius 1 is 1.15 bits per heavy atom. The van der Waals surface area contributed by atoms with E-state index in [0.717, 1.165) is 11.8 Å². The lowest BCUT2D eigenvalue weighted by Crippen LogP contribution is -2.18. The minimum Gasteiger partial charge on any atom is -0.448 e. The Balaban J connectivity index is 2.51. The summed E-state index contributed by atoms with van der Waals surface area (Å²) >= 11 is 6.35. The molecule has 1 aromatic carbocycles. The minimum atomic E-state index is -4.71. The van der Waals surface area contributed by atoms with E-state index in [0.29, 0.717) is 9.92 Å². The highest BCUT2D eigenvalue weighted by Crippen LogP contribution is 2.25. The quantitative estimate of drug-likeness (QED) is 0.557. The maximum Gasteiger partial charge on any atom is 0.488 e. The van der Waals surface area contributed by atoms with Gasteiger partial charge in [0, 0.05) is 9.92 Å². The Bertz CT molecular complexity index is 272. The van der Waals surface area contributed by atoms with Gasteiger partial charge in [-0.05, 0) is 29.9 Å². The maximum absolute atomic E-state index is 11.8. The van der Waals surface area contributed by atoms with Gasteiger partial charge in [0.2, 0.25) is 0 Å². The average molecular weight is 225 g/mol. The highest BCUT2D eigenvalue weighted by Gasteiger charge is 2.22. The van der Waals surface area contributed by atoms with Crippen LogP contribution >= 0.6 is 23.4 Å². The lowest BCUT2D eigenvalue weighted by molar-refractivity contribution is 0.485. The van der Waals surface area contributed by atoms with Crippen molar-refractivity contribution < 1.29 is 12.9 Å². The summed E-state index contributed by atoms with van der Waals surface area (Å²) in [5.41, 5.74) is -0.804. The summed E-state index contributed by atoms with van der Waals surface area (Å²) in [5.74, 6) is 0. The molecule has 0 saturated heterocycles. The van der Waals surface area contributed by atoms with Crippen molar-refractivity contribution in [1.82, 2.24) is 0 Å². The summed E-state index contributed by atoms with van der Waals surface area (Å²) in [7, 11) is 0. The van der Waals surface area contributed by atoms with E-state index >= 15 is 0 Å². The summed E-state index contributed by atoms with van der Waals surface area (Å²) in [6.07, 6.45) is 0. The zero-order valence-corrected chi connectivity index (χ0v) is 8.09. The standard InChI is InChI=1S/C7H6BClF3S/c9-6-1-3-7(4-2-6)13-5-8(10,11)12/h1-4H,5H2/q-1. The number of halogens is 4. The number of rotatable bonds is 3. The van der Waals surface area contributed by atoms with E-state index in [2.05, 4.69) is 0 Å². The molecule has 1 aromatic rings. The Morgan fingerprint density at radius 3 is 2.15 bits per heavy atom. The van der Waals surface area contributed by atoms with Gasteiger partial charge in [-0.1, -0.05) is 11.6 Å². The molecule has 0 aliphatic heterocycles. The molecule has 0 heterocycles. The molecule has 0 aromatic heterocycles. The van der Waals surface area contributed by atoms with Crippen molar-refractivity contribution in [3.8, 4) is 0 Å². The Hall–Kier alpha value is -0.285. The van der Waals surface area contributed by atoms with Crippen LogP contribution in [0.5, 0.6) is 0 Å². The van der Waals surface area contributed by atoms with Crippen LogP contribution < -0.4 is 0 Å². The van der Waals surface area contributed by atoms with Crippen molar-refractivity contribution in [1.29, 1.82) is 0 Å². The lowest BCUT2D eigenvalue weighted by atomic mass is 9.98. The van der Waals surface area contributed by atoms with Crippen LogP contribution in [0.25, 0.3) is 0 Å². The summed E-state index contributed by atoms with van der Waals surface area (Å²) in [5, 5.41) is 0.530. The van der Waals surface area contributed by atoms with E-state index in [9.17, 15) is 12.9 Å². The zero-order valence-electron chi connectivity index (χ0n) is 6.51. The molecule has 0 radical (unpaired) electrons. The molecule has 13 heavy (non-hydrogen) atoms. The van der Waals surface area contributed by atoms with Crippen LogP contribution in [0.2, 0.25) is 5.02 Å². The van der Waals surface area contributed by atoms with E-state index < -0.39 is 12.6 Å². The molecule has 0 aliphatic carbocycles. The fourth-order valence-electron chi connectivity index (χ4n) is 0.722. The number of hydrogen-bond acceptors (Lipinski definition) is 1. The van der Waals surface area contributed by atoms with Crippen molar-refractivity contribution in [2.45, 2.75) is 4.90 Å². The van der Waals surface area contributed by atoms with Crippen molar-refractivity contribution in [2.75, 3.05) is 5.65 Å². The van der Waals surface area contributed by atoms with Gasteiger partial charge >= 0.3 is 6.98 Å². The second-order valence-corrected chi connectivity index (χ2v) is 4.01. The molecule has 72 valence electrons. The lowest BCUT2D eigenvalue weighted by Gasteiger charge is -2.12. The summed E-state index contributed by atoms with van der Waals surface area (Å²) in [6.45, 7) is -4.71. The molecule has 0 bridgehead atoms. The second-order valence-electron chi connectivity index (χ2n) is 2.48. The van der Waals surface area contributed by atoms with Gasteiger partial charge in [0.05, 0.1) is 0 Å². The van der Waals surface area contributed by atoms with Gasteiger partial charge in [-0.3, -0.25) is 0 Å². The third-order valence-electron chi connectivity index (χ3n) is 1.25. The van der Waals surface area contributed by atoms with Gasteiger partial charge in [0.1, 0.15) is 0 Å². The third kappa shape index (κ3) is 4.48. The Morgan fingerprint density at radius 2 is 1.69 bits per heavy atom. The van der Waals surface area contributed by atoms with Crippen LogP contribution in [0.1, 0.15) is 0 Å². The van der Waals surface area contributed by atoms with Crippen molar-refractivity contribution in [3.63, 3.8) is 0 Å². The van der Waals surface area contributed by atoms with E-state index in [1.165, 1.54) is 0 Å². The zero-order chi connectivity index (χ0) is 9.90. The molecular formula is C7H6BClF3S-. The fourth-order valence-corrected chi connectivity index (χ4v) is 1.56. The smallest absolute Gasteiger partial charge is 0.448 e. The minimum absolute atomic E-state index is 0.530. The molecule has 6 heteroatoms. The van der Waals surface area contributed by atoms with E-state index in [4.69, 9.17) is 11.6 Å². The van der Waals surface area contributed by atoms with E-state index in [1.807, 2.05) is 0 Å². The van der Waals surface area contributed by atoms with Gasteiger partial charge in [-0.25, -0.2) is 0 Å². The maximum atomic E-state index is 11.8. The van der Waals surface area contributed by atoms with Crippen molar-refractivity contribution in [2.24, 2.45) is 0 Å². The van der Waals surface area contributed by atoms with Crippen molar-refractivity contribution >= 4 is 30.3 Å². The second kappa shape index (κ2) is 4.29. The summed E-state index contributed by atoms with van der Waals surface area (Å²) in [6, 6.07) is 6.31. The summed E-state index contributed by atoms with van der Waals surface area (Å²) in [4.78, 5) is 0.587. The predicted octanol–water partition coefficient (Wildman–Crippen LogP) is 3.82. The highest BCUT2D eigenvalue weighted by atomic mass is 35.5. The highest BCUT2D eigenvalue weighted by molar-refractivity contribution is 8.00. The predicted molar refractivity (Wildman–Crippen MR) is 51.3 cm³/mol. The average Bonchev–Trinajstić information content (AvgIpc) is 2.02. The molecule has 0 N–H and O–H groups in total. The van der Waals surface area contributed by atoms with Gasteiger partial charge < -0.3 is 12.9 Å². The monoisotopic (exact) mass is 225 g/mol. The fraction of sp³-hybridized carbons (Fsp3) is 0.143. The van der Waals surface area contributed by atoms with Gasteiger partial charge in [0.15, 0.2) is 0 Å². The first kappa shape index (κ1) is 10.8. The third-order valence-corrected chi connectivity index (χ3v) is 2.65. The first-order valence-electron chi connectivity index (χ1n) is 3.57. The molecule has 0 spiro atoms. The first-order chi connectivity index (χ1) is 5.97. The van der Waals surface area contributed by atoms with Crippen LogP contribution in [0.15, 0.2) is 29.2 Å². The molecule has 0 amide bonds. The topological polar surface area (TPSA) is 0 Å². The molecule has 0 fully saturated rings. The molecule has 0 atom stereocenters. The Kier molecular flexibility index (Phi) is 3.56. The van der Waals surface area contributed by atoms with Crippen LogP contribution in [0.4, 0.5) is 12.9 Å². The van der Waals surface area contributed by atoms with Crippen LogP contribution in [0.3, 0.4) is 0 Å². The van der Waals surface area contributed by atoms with Gasteiger partial charge in [-0.2, -0.15) is 11.8 Å². The molecule has 0 saturated carbocycles. The SMILES string of the molecule is F[B-](F)(F)CSc1ccc(Cl)cc1. The molecule has 0 aliphatic rings. The normalized spacial score (nSPS) is 11.7. The largest absolute Gasteiger partial charge is 0.488 e. The van der Waals surface area contributed by atoms with Gasteiger partial charge in [0.25, 0.3) is 0 Å². The first-order valence-corrected chi connectivity index (χ1v) is 4.93. The van der Waals surface area contributed by atoms with Crippen molar-refractivity contribution in [3.05, 3.63) is 29.3 Å². The Labute approximate surface area is 83.5 Å². The van der Waals surface area contributed by atoms with Crippen LogP contribution in [0, 0.1) is 0 Å². The molecule has 0 nitrogen and oxygen atoms in total. The van der Waals surface area contributed by atoms with E-state index in [1.54, 1.807) is 24.3 Å². The van der Waals surface area contributed by atoms with Crippen LogP contribution in [-0.2, 0) is 0 Å². The number of hydrogen-bond donors (Lipinski definition) is 0. The molecular weight excluding hydrogens is 219 g/mol. The van der Waals surface area contributed by atoms with Crippen LogP contribution in [-0.4, -0.2) is 12.6 Å². The number of thioether (sulfide) groups is 1. The molecule has 1 rings (SSSR count). The van der Waals surface area contributed by atoms with E-state index in [-0.39, 0.29) is 0 Å². The summed E-state index contributed by atoms with van der Waals surface area (Å²) < 4.78 is 35.5. The number of benzene rings is 1. The van der Waals surface area contributed by atoms with Gasteiger partial charge in [-0.15, -0.1) is 0 Å².